The van der Waals surface area contributed by atoms with Crippen molar-refractivity contribution in [2.24, 2.45) is 5.92 Å². The van der Waals surface area contributed by atoms with Gasteiger partial charge in [0.2, 0.25) is 5.91 Å². The minimum Gasteiger partial charge on any atom is -0.385 e. The number of carbonyl (C=O) groups is 1. The molecule has 0 heterocycles. The minimum atomic E-state index is 0.161. The van der Waals surface area contributed by atoms with Crippen LogP contribution in [0.5, 0.6) is 0 Å². The molecule has 1 N–H and O–H groups in total. The van der Waals surface area contributed by atoms with Crippen LogP contribution in [0.1, 0.15) is 69.4 Å². The van der Waals surface area contributed by atoms with E-state index in [9.17, 15) is 4.79 Å². The average molecular weight is 317 g/mol. The molecule has 23 heavy (non-hydrogen) atoms. The molecule has 1 aromatic rings. The van der Waals surface area contributed by atoms with E-state index >= 15 is 0 Å². The first-order valence-corrected chi connectivity index (χ1v) is 9.13. The minimum absolute atomic E-state index is 0.161. The number of amides is 1. The number of hydrogen-bond acceptors (Lipinski definition) is 2. The Hall–Kier alpha value is -1.35. The topological polar surface area (TPSA) is 38.3 Å². The van der Waals surface area contributed by atoms with Gasteiger partial charge in [-0.05, 0) is 30.7 Å². The summed E-state index contributed by atoms with van der Waals surface area (Å²) in [6, 6.07) is 10.6. The second-order valence-electron chi connectivity index (χ2n) is 6.72. The summed E-state index contributed by atoms with van der Waals surface area (Å²) in [7, 11) is 1.70. The molecule has 1 fully saturated rings. The van der Waals surface area contributed by atoms with Gasteiger partial charge in [0.1, 0.15) is 0 Å². The van der Waals surface area contributed by atoms with Crippen LogP contribution in [0.4, 0.5) is 0 Å². The van der Waals surface area contributed by atoms with Gasteiger partial charge in [-0.1, -0.05) is 62.4 Å². The average Bonchev–Trinajstić information content (AvgIpc) is 2.60. The van der Waals surface area contributed by atoms with Crippen molar-refractivity contribution in [1.82, 2.24) is 5.32 Å². The number of ether oxygens (including phenoxy) is 1. The lowest BCUT2D eigenvalue weighted by Gasteiger charge is -2.27. The molecule has 1 atom stereocenters. The molecule has 128 valence electrons. The fraction of sp³-hybridized carbons (Fsp3) is 0.650. The van der Waals surface area contributed by atoms with Gasteiger partial charge in [0.05, 0.1) is 6.04 Å². The Morgan fingerprint density at radius 1 is 1.17 bits per heavy atom. The summed E-state index contributed by atoms with van der Waals surface area (Å²) in [4.78, 5) is 12.3. The number of methoxy groups -OCH3 is 1. The van der Waals surface area contributed by atoms with E-state index in [4.69, 9.17) is 4.74 Å². The summed E-state index contributed by atoms with van der Waals surface area (Å²) < 4.78 is 5.04. The highest BCUT2D eigenvalue weighted by atomic mass is 16.5. The molecular formula is C20H31NO2. The molecule has 0 saturated heterocycles. The highest BCUT2D eigenvalue weighted by Gasteiger charge is 2.21. The van der Waals surface area contributed by atoms with Gasteiger partial charge in [0.25, 0.3) is 0 Å². The molecule has 0 aromatic heterocycles. The lowest BCUT2D eigenvalue weighted by molar-refractivity contribution is -0.122. The van der Waals surface area contributed by atoms with Crippen molar-refractivity contribution in [2.75, 3.05) is 13.7 Å². The smallest absolute Gasteiger partial charge is 0.220 e. The van der Waals surface area contributed by atoms with Crippen molar-refractivity contribution in [3.63, 3.8) is 0 Å². The van der Waals surface area contributed by atoms with E-state index in [0.717, 1.165) is 31.8 Å². The van der Waals surface area contributed by atoms with Crippen molar-refractivity contribution in [3.05, 3.63) is 35.9 Å². The van der Waals surface area contributed by atoms with E-state index < -0.39 is 0 Å². The fourth-order valence-electron chi connectivity index (χ4n) is 3.52. The molecule has 2 rings (SSSR count). The summed E-state index contributed by atoms with van der Waals surface area (Å²) in [5.74, 6) is 0.925. The Balaban J connectivity index is 1.89. The highest BCUT2D eigenvalue weighted by molar-refractivity contribution is 5.76. The van der Waals surface area contributed by atoms with E-state index in [1.807, 2.05) is 6.07 Å². The number of carbonyl (C=O) groups excluding carboxylic acids is 1. The summed E-state index contributed by atoms with van der Waals surface area (Å²) in [6.07, 6.45) is 10.2. The molecule has 1 amide bonds. The molecule has 1 aliphatic carbocycles. The first-order chi connectivity index (χ1) is 11.3. The molecule has 0 radical (unpaired) electrons. The number of benzene rings is 1. The second-order valence-corrected chi connectivity index (χ2v) is 6.72. The van der Waals surface area contributed by atoms with Crippen LogP contribution in [-0.2, 0) is 9.53 Å². The second kappa shape index (κ2) is 10.4. The van der Waals surface area contributed by atoms with Gasteiger partial charge in [-0.3, -0.25) is 4.79 Å². The Bertz CT molecular complexity index is 440. The summed E-state index contributed by atoms with van der Waals surface area (Å²) in [6.45, 7) is 0.734. The van der Waals surface area contributed by atoms with Crippen LogP contribution in [0, 0.1) is 5.92 Å². The summed E-state index contributed by atoms with van der Waals surface area (Å²) >= 11 is 0. The first kappa shape index (κ1) is 18.0. The standard InChI is InChI=1S/C20H31NO2/c1-23-15-9-8-14-20(22)21-19(18-12-6-3-7-13-18)16-17-10-4-2-5-11-17/h3,6-7,12-13,17,19H,2,4-5,8-11,14-16H2,1H3,(H,21,22). The van der Waals surface area contributed by atoms with Gasteiger partial charge in [-0.15, -0.1) is 0 Å². The maximum Gasteiger partial charge on any atom is 0.220 e. The molecule has 0 spiro atoms. The monoisotopic (exact) mass is 317 g/mol. The van der Waals surface area contributed by atoms with Crippen LogP contribution in [0.15, 0.2) is 30.3 Å². The van der Waals surface area contributed by atoms with Gasteiger partial charge in [0, 0.05) is 20.1 Å². The van der Waals surface area contributed by atoms with E-state index in [0.29, 0.717) is 6.42 Å². The molecule has 1 aromatic carbocycles. The van der Waals surface area contributed by atoms with E-state index in [2.05, 4.69) is 29.6 Å². The van der Waals surface area contributed by atoms with Crippen LogP contribution in [0.3, 0.4) is 0 Å². The van der Waals surface area contributed by atoms with Crippen LogP contribution >= 0.6 is 0 Å². The third kappa shape index (κ3) is 6.74. The third-order valence-electron chi connectivity index (χ3n) is 4.83. The Labute approximate surface area is 140 Å². The zero-order valence-corrected chi connectivity index (χ0v) is 14.4. The Morgan fingerprint density at radius 3 is 2.61 bits per heavy atom. The Kier molecular flexibility index (Phi) is 8.16. The summed E-state index contributed by atoms with van der Waals surface area (Å²) in [5.41, 5.74) is 1.24. The number of unbranched alkanes of at least 4 members (excludes halogenated alkanes) is 1. The van der Waals surface area contributed by atoms with Gasteiger partial charge in [0.15, 0.2) is 0 Å². The molecule has 0 aliphatic heterocycles. The number of hydrogen-bond donors (Lipinski definition) is 1. The zero-order valence-electron chi connectivity index (χ0n) is 14.4. The molecule has 1 aliphatic rings. The predicted molar refractivity (Wildman–Crippen MR) is 94.2 cm³/mol. The van der Waals surface area contributed by atoms with E-state index in [-0.39, 0.29) is 11.9 Å². The van der Waals surface area contributed by atoms with E-state index in [1.54, 1.807) is 7.11 Å². The maximum atomic E-state index is 12.3. The van der Waals surface area contributed by atoms with Crippen molar-refractivity contribution >= 4 is 5.91 Å². The van der Waals surface area contributed by atoms with Crippen molar-refractivity contribution in [2.45, 2.75) is 63.8 Å². The molecule has 3 heteroatoms. The molecule has 1 saturated carbocycles. The SMILES string of the molecule is COCCCCC(=O)NC(CC1CCCCC1)c1ccccc1. The molecular weight excluding hydrogens is 286 g/mol. The largest absolute Gasteiger partial charge is 0.385 e. The van der Waals surface area contributed by atoms with Crippen LogP contribution in [0.25, 0.3) is 0 Å². The van der Waals surface area contributed by atoms with Gasteiger partial charge >= 0.3 is 0 Å². The Morgan fingerprint density at radius 2 is 1.91 bits per heavy atom. The predicted octanol–water partition coefficient (Wildman–Crippen LogP) is 4.63. The van der Waals surface area contributed by atoms with Crippen LogP contribution < -0.4 is 5.32 Å². The molecule has 0 bridgehead atoms. The molecule has 1 unspecified atom stereocenters. The first-order valence-electron chi connectivity index (χ1n) is 9.13. The van der Waals surface area contributed by atoms with Crippen molar-refractivity contribution in [3.8, 4) is 0 Å². The number of nitrogens with one attached hydrogen (secondary N) is 1. The normalized spacial score (nSPS) is 16.9. The van der Waals surface area contributed by atoms with Crippen LogP contribution in [0.2, 0.25) is 0 Å². The lowest BCUT2D eigenvalue weighted by Crippen LogP contribution is -2.30. The van der Waals surface area contributed by atoms with E-state index in [1.165, 1.54) is 37.7 Å². The van der Waals surface area contributed by atoms with Gasteiger partial charge < -0.3 is 10.1 Å². The van der Waals surface area contributed by atoms with Crippen LogP contribution in [-0.4, -0.2) is 19.6 Å². The third-order valence-corrected chi connectivity index (χ3v) is 4.83. The quantitative estimate of drug-likeness (QED) is 0.674. The maximum absolute atomic E-state index is 12.3. The number of rotatable bonds is 9. The van der Waals surface area contributed by atoms with Crippen molar-refractivity contribution in [1.29, 1.82) is 0 Å². The zero-order chi connectivity index (χ0) is 16.3. The lowest BCUT2D eigenvalue weighted by atomic mass is 9.83. The van der Waals surface area contributed by atoms with Gasteiger partial charge in [-0.2, -0.15) is 0 Å². The highest BCUT2D eigenvalue weighted by Crippen LogP contribution is 2.32. The van der Waals surface area contributed by atoms with Gasteiger partial charge in [-0.25, -0.2) is 0 Å². The molecule has 3 nitrogen and oxygen atoms in total. The fourth-order valence-corrected chi connectivity index (χ4v) is 3.52. The van der Waals surface area contributed by atoms with Crippen molar-refractivity contribution < 1.29 is 9.53 Å². The summed E-state index contributed by atoms with van der Waals surface area (Å²) in [5, 5.41) is 3.28.